The van der Waals surface area contributed by atoms with Gasteiger partial charge in [0.2, 0.25) is 0 Å². The van der Waals surface area contributed by atoms with Crippen molar-refractivity contribution in [3.8, 4) is 0 Å². The average Bonchev–Trinajstić information content (AvgIpc) is 2.47. The Morgan fingerprint density at radius 1 is 0.667 bits per heavy atom. The van der Waals surface area contributed by atoms with E-state index in [-0.39, 0.29) is 0 Å². The van der Waals surface area contributed by atoms with Gasteiger partial charge in [-0.3, -0.25) is 0 Å². The summed E-state index contributed by atoms with van der Waals surface area (Å²) < 4.78 is 0. The van der Waals surface area contributed by atoms with E-state index in [2.05, 4.69) is 54.6 Å². The zero-order valence-corrected chi connectivity index (χ0v) is 10.7. The van der Waals surface area contributed by atoms with E-state index in [9.17, 15) is 0 Å². The number of rotatable bonds is 2. The highest BCUT2D eigenvalue weighted by molar-refractivity contribution is 7.81. The van der Waals surface area contributed by atoms with Crippen LogP contribution in [0.2, 0.25) is 0 Å². The SMILES string of the molecule is S=C(c1ccccc1)c1cccc2ccccc12. The molecule has 86 valence electrons. The summed E-state index contributed by atoms with van der Waals surface area (Å²) in [5.41, 5.74) is 2.23. The molecule has 0 saturated carbocycles. The molecular weight excluding hydrogens is 236 g/mol. The van der Waals surface area contributed by atoms with Gasteiger partial charge in [-0.25, -0.2) is 0 Å². The molecule has 0 aliphatic heterocycles. The van der Waals surface area contributed by atoms with Crippen LogP contribution in [0.1, 0.15) is 11.1 Å². The van der Waals surface area contributed by atoms with Gasteiger partial charge in [-0.2, -0.15) is 0 Å². The van der Waals surface area contributed by atoms with Crippen molar-refractivity contribution in [3.05, 3.63) is 83.9 Å². The number of hydrogen-bond acceptors (Lipinski definition) is 1. The average molecular weight is 248 g/mol. The minimum atomic E-state index is 0.910. The van der Waals surface area contributed by atoms with E-state index in [1.54, 1.807) is 0 Å². The zero-order chi connectivity index (χ0) is 12.4. The summed E-state index contributed by atoms with van der Waals surface area (Å²) in [5.74, 6) is 0. The largest absolute Gasteiger partial charge is 0.0788 e. The molecule has 0 radical (unpaired) electrons. The van der Waals surface area contributed by atoms with Crippen molar-refractivity contribution in [2.75, 3.05) is 0 Å². The molecule has 0 nitrogen and oxygen atoms in total. The molecule has 0 spiro atoms. The van der Waals surface area contributed by atoms with Crippen LogP contribution in [-0.4, -0.2) is 4.86 Å². The molecule has 0 aliphatic rings. The highest BCUT2D eigenvalue weighted by atomic mass is 32.1. The minimum Gasteiger partial charge on any atom is -0.0788 e. The van der Waals surface area contributed by atoms with E-state index in [4.69, 9.17) is 12.2 Å². The molecule has 3 aromatic carbocycles. The van der Waals surface area contributed by atoms with E-state index >= 15 is 0 Å². The normalized spacial score (nSPS) is 10.4. The summed E-state index contributed by atoms with van der Waals surface area (Å²) in [5, 5.41) is 2.45. The van der Waals surface area contributed by atoms with E-state index in [1.165, 1.54) is 10.8 Å². The second kappa shape index (κ2) is 4.71. The molecule has 0 saturated heterocycles. The maximum Gasteiger partial charge on any atom is 0.0528 e. The van der Waals surface area contributed by atoms with Crippen LogP contribution in [0.15, 0.2) is 72.8 Å². The number of hydrogen-bond donors (Lipinski definition) is 0. The zero-order valence-electron chi connectivity index (χ0n) is 9.84. The highest BCUT2D eigenvalue weighted by Gasteiger charge is 2.07. The van der Waals surface area contributed by atoms with Crippen molar-refractivity contribution in [1.29, 1.82) is 0 Å². The van der Waals surface area contributed by atoms with Gasteiger partial charge in [0.25, 0.3) is 0 Å². The fourth-order valence-corrected chi connectivity index (χ4v) is 2.48. The fourth-order valence-electron chi connectivity index (χ4n) is 2.17. The van der Waals surface area contributed by atoms with Crippen LogP contribution < -0.4 is 0 Å². The van der Waals surface area contributed by atoms with Gasteiger partial charge in [0.15, 0.2) is 0 Å². The van der Waals surface area contributed by atoms with Crippen LogP contribution in [0, 0.1) is 0 Å². The lowest BCUT2D eigenvalue weighted by Gasteiger charge is -2.08. The van der Waals surface area contributed by atoms with Gasteiger partial charge in [-0.15, -0.1) is 0 Å². The lowest BCUT2D eigenvalue weighted by Crippen LogP contribution is -2.00. The van der Waals surface area contributed by atoms with E-state index < -0.39 is 0 Å². The highest BCUT2D eigenvalue weighted by Crippen LogP contribution is 2.21. The molecular formula is C17H12S. The molecule has 0 aromatic heterocycles. The molecule has 0 aliphatic carbocycles. The van der Waals surface area contributed by atoms with E-state index in [0.717, 1.165) is 16.0 Å². The maximum absolute atomic E-state index is 5.61. The lowest BCUT2D eigenvalue weighted by atomic mass is 9.98. The Morgan fingerprint density at radius 3 is 2.17 bits per heavy atom. The second-order valence-electron chi connectivity index (χ2n) is 4.22. The summed E-state index contributed by atoms with van der Waals surface area (Å²) in [4.78, 5) is 0.910. The molecule has 3 rings (SSSR count). The minimum absolute atomic E-state index is 0.910. The van der Waals surface area contributed by atoms with Crippen molar-refractivity contribution in [1.82, 2.24) is 0 Å². The van der Waals surface area contributed by atoms with Gasteiger partial charge in [-0.1, -0.05) is 85.0 Å². The first-order chi connectivity index (χ1) is 8.86. The molecule has 0 atom stereocenters. The molecule has 0 amide bonds. The van der Waals surface area contributed by atoms with Crippen molar-refractivity contribution >= 4 is 27.9 Å². The van der Waals surface area contributed by atoms with Crippen molar-refractivity contribution in [3.63, 3.8) is 0 Å². The Hall–Kier alpha value is -1.99. The van der Waals surface area contributed by atoms with Crippen molar-refractivity contribution < 1.29 is 0 Å². The van der Waals surface area contributed by atoms with Crippen LogP contribution in [0.4, 0.5) is 0 Å². The predicted octanol–water partition coefficient (Wildman–Crippen LogP) is 4.61. The third-order valence-corrected chi connectivity index (χ3v) is 3.53. The van der Waals surface area contributed by atoms with Crippen LogP contribution in [0.3, 0.4) is 0 Å². The summed E-state index contributed by atoms with van der Waals surface area (Å²) in [6.45, 7) is 0. The quantitative estimate of drug-likeness (QED) is 0.471. The summed E-state index contributed by atoms with van der Waals surface area (Å²) in [7, 11) is 0. The summed E-state index contributed by atoms with van der Waals surface area (Å²) >= 11 is 5.61. The van der Waals surface area contributed by atoms with E-state index in [1.807, 2.05) is 18.2 Å². The van der Waals surface area contributed by atoms with Crippen molar-refractivity contribution in [2.24, 2.45) is 0 Å². The summed E-state index contributed by atoms with van der Waals surface area (Å²) in [6.07, 6.45) is 0. The third-order valence-electron chi connectivity index (χ3n) is 3.07. The van der Waals surface area contributed by atoms with Gasteiger partial charge >= 0.3 is 0 Å². The molecule has 0 bridgehead atoms. The Bertz CT molecular complexity index is 694. The maximum atomic E-state index is 5.61. The molecule has 3 aromatic rings. The number of fused-ring (bicyclic) bond motifs is 1. The van der Waals surface area contributed by atoms with E-state index in [0.29, 0.717) is 0 Å². The first-order valence-corrected chi connectivity index (χ1v) is 6.34. The molecule has 0 N–H and O–H groups in total. The molecule has 0 heterocycles. The van der Waals surface area contributed by atoms with Crippen LogP contribution in [0.25, 0.3) is 10.8 Å². The standard InChI is InChI=1S/C17H12S/c18-17(14-8-2-1-3-9-14)16-12-6-10-13-7-4-5-11-15(13)16/h1-12H. The van der Waals surface area contributed by atoms with Crippen LogP contribution in [-0.2, 0) is 0 Å². The molecule has 18 heavy (non-hydrogen) atoms. The summed E-state index contributed by atoms with van der Waals surface area (Å²) in [6, 6.07) is 24.8. The van der Waals surface area contributed by atoms with Gasteiger partial charge < -0.3 is 0 Å². The first-order valence-electron chi connectivity index (χ1n) is 5.94. The van der Waals surface area contributed by atoms with Crippen LogP contribution in [0.5, 0.6) is 0 Å². The number of benzene rings is 3. The molecule has 0 unspecified atom stereocenters. The Morgan fingerprint density at radius 2 is 1.33 bits per heavy atom. The monoisotopic (exact) mass is 248 g/mol. The van der Waals surface area contributed by atoms with Gasteiger partial charge in [0, 0.05) is 5.56 Å². The smallest absolute Gasteiger partial charge is 0.0528 e. The topological polar surface area (TPSA) is 0 Å². The second-order valence-corrected chi connectivity index (χ2v) is 4.63. The van der Waals surface area contributed by atoms with Gasteiger partial charge in [0.05, 0.1) is 4.86 Å². The van der Waals surface area contributed by atoms with Crippen molar-refractivity contribution in [2.45, 2.75) is 0 Å². The number of thiocarbonyl (C=S) groups is 1. The van der Waals surface area contributed by atoms with Gasteiger partial charge in [0.1, 0.15) is 0 Å². The molecule has 0 fully saturated rings. The van der Waals surface area contributed by atoms with Gasteiger partial charge in [-0.05, 0) is 16.3 Å². The Kier molecular flexibility index (Phi) is 2.91. The molecule has 1 heteroatoms. The van der Waals surface area contributed by atoms with Crippen LogP contribution >= 0.6 is 12.2 Å². The first kappa shape index (κ1) is 11.1. The lowest BCUT2D eigenvalue weighted by molar-refractivity contribution is 1.65. The Balaban J connectivity index is 2.18. The predicted molar refractivity (Wildman–Crippen MR) is 81.2 cm³/mol. The Labute approximate surface area is 112 Å². The third kappa shape index (κ3) is 1.93. The fraction of sp³-hybridized carbons (Fsp3) is 0.